The fourth-order valence-corrected chi connectivity index (χ4v) is 1.13. The van der Waals surface area contributed by atoms with Gasteiger partial charge in [-0.15, -0.1) is 0 Å². The Morgan fingerprint density at radius 2 is 2.12 bits per heavy atom. The van der Waals surface area contributed by atoms with Crippen molar-refractivity contribution in [1.82, 2.24) is 4.98 Å². The van der Waals surface area contributed by atoms with E-state index >= 15 is 0 Å². The summed E-state index contributed by atoms with van der Waals surface area (Å²) in [6, 6.07) is 0.813. The number of halogens is 3. The molecule has 17 heavy (non-hydrogen) atoms. The third-order valence-electron chi connectivity index (χ3n) is 1.97. The van der Waals surface area contributed by atoms with Gasteiger partial charge in [0, 0.05) is 6.08 Å². The fourth-order valence-electron chi connectivity index (χ4n) is 1.13. The van der Waals surface area contributed by atoms with E-state index in [1.165, 1.54) is 6.92 Å². The molecule has 1 rings (SSSR count). The van der Waals surface area contributed by atoms with Crippen LogP contribution >= 0.6 is 0 Å². The highest BCUT2D eigenvalue weighted by atomic mass is 19.4. The molecule has 0 atom stereocenters. The number of hydrogen-bond donors (Lipinski definition) is 2. The second-order valence-corrected chi connectivity index (χ2v) is 3.29. The Balaban J connectivity index is 3.30. The standard InChI is InChI=1S/C10H9F3N2O2/c1-5-4-7(10(11,12)13)15-6(9(5)14)2-3-8(16)17/h2-4H,14H2,1H3,(H,16,17)/b3-2+. The predicted molar refractivity (Wildman–Crippen MR) is 55.1 cm³/mol. The Morgan fingerprint density at radius 1 is 1.53 bits per heavy atom. The summed E-state index contributed by atoms with van der Waals surface area (Å²) in [4.78, 5) is 13.5. The Morgan fingerprint density at radius 3 is 2.59 bits per heavy atom. The summed E-state index contributed by atoms with van der Waals surface area (Å²) in [7, 11) is 0. The maximum absolute atomic E-state index is 12.4. The van der Waals surface area contributed by atoms with Crippen LogP contribution in [0.2, 0.25) is 0 Å². The summed E-state index contributed by atoms with van der Waals surface area (Å²) in [5.41, 5.74) is 4.41. The van der Waals surface area contributed by atoms with Crippen molar-refractivity contribution < 1.29 is 23.1 Å². The molecule has 1 aromatic rings. The zero-order chi connectivity index (χ0) is 13.2. The topological polar surface area (TPSA) is 76.2 Å². The van der Waals surface area contributed by atoms with Crippen molar-refractivity contribution >= 4 is 17.7 Å². The number of alkyl halides is 3. The predicted octanol–water partition coefficient (Wildman–Crippen LogP) is 2.09. The van der Waals surface area contributed by atoms with E-state index in [9.17, 15) is 18.0 Å². The number of rotatable bonds is 2. The second kappa shape index (κ2) is 4.44. The number of nitrogens with two attached hydrogens (primary N) is 1. The largest absolute Gasteiger partial charge is 0.478 e. The van der Waals surface area contributed by atoms with E-state index in [2.05, 4.69) is 4.98 Å². The summed E-state index contributed by atoms with van der Waals surface area (Å²) in [6.07, 6.45) is -2.98. The Kier molecular flexibility index (Phi) is 3.40. The number of pyridine rings is 1. The molecular weight excluding hydrogens is 237 g/mol. The van der Waals surface area contributed by atoms with E-state index in [0.717, 1.165) is 12.1 Å². The molecule has 0 aliphatic carbocycles. The minimum Gasteiger partial charge on any atom is -0.478 e. The molecule has 0 amide bonds. The van der Waals surface area contributed by atoms with Gasteiger partial charge in [0.25, 0.3) is 0 Å². The molecule has 7 heteroatoms. The van der Waals surface area contributed by atoms with Gasteiger partial charge in [0.05, 0.1) is 11.4 Å². The smallest absolute Gasteiger partial charge is 0.433 e. The lowest BCUT2D eigenvalue weighted by Gasteiger charge is -2.10. The molecule has 92 valence electrons. The normalized spacial score (nSPS) is 12.0. The molecule has 0 saturated carbocycles. The van der Waals surface area contributed by atoms with Gasteiger partial charge in [-0.2, -0.15) is 13.2 Å². The van der Waals surface area contributed by atoms with Gasteiger partial charge in [0.2, 0.25) is 0 Å². The van der Waals surface area contributed by atoms with Crippen molar-refractivity contribution in [3.63, 3.8) is 0 Å². The first-order valence-corrected chi connectivity index (χ1v) is 4.47. The molecule has 0 radical (unpaired) electrons. The third kappa shape index (κ3) is 3.20. The zero-order valence-corrected chi connectivity index (χ0v) is 8.75. The van der Waals surface area contributed by atoms with Gasteiger partial charge in [0.15, 0.2) is 0 Å². The maximum atomic E-state index is 12.4. The average molecular weight is 246 g/mol. The van der Waals surface area contributed by atoms with Crippen LogP contribution in [-0.4, -0.2) is 16.1 Å². The number of anilines is 1. The van der Waals surface area contributed by atoms with E-state index in [1.54, 1.807) is 0 Å². The summed E-state index contributed by atoms with van der Waals surface area (Å²) in [5, 5.41) is 8.39. The summed E-state index contributed by atoms with van der Waals surface area (Å²) in [5.74, 6) is -1.29. The van der Waals surface area contributed by atoms with Gasteiger partial charge in [0.1, 0.15) is 5.69 Å². The minimum atomic E-state index is -4.59. The number of carboxylic acids is 1. The minimum absolute atomic E-state index is 0.0236. The second-order valence-electron chi connectivity index (χ2n) is 3.29. The number of aromatic nitrogens is 1. The van der Waals surface area contributed by atoms with Crippen LogP contribution in [-0.2, 0) is 11.0 Å². The summed E-state index contributed by atoms with van der Waals surface area (Å²) in [6.45, 7) is 1.39. The van der Waals surface area contributed by atoms with Crippen LogP contribution in [0.3, 0.4) is 0 Å². The number of aliphatic carboxylic acids is 1. The SMILES string of the molecule is Cc1cc(C(F)(F)F)nc(/C=C/C(=O)O)c1N. The Hall–Kier alpha value is -2.05. The number of carbonyl (C=O) groups is 1. The molecule has 0 bridgehead atoms. The lowest BCUT2D eigenvalue weighted by atomic mass is 10.1. The van der Waals surface area contributed by atoms with E-state index < -0.39 is 17.8 Å². The lowest BCUT2D eigenvalue weighted by molar-refractivity contribution is -0.141. The molecule has 1 heterocycles. The van der Waals surface area contributed by atoms with E-state index in [0.29, 0.717) is 6.08 Å². The monoisotopic (exact) mass is 246 g/mol. The van der Waals surface area contributed by atoms with Crippen molar-refractivity contribution in [1.29, 1.82) is 0 Å². The molecule has 0 saturated heterocycles. The highest BCUT2D eigenvalue weighted by Gasteiger charge is 2.33. The number of hydrogen-bond acceptors (Lipinski definition) is 3. The van der Waals surface area contributed by atoms with Gasteiger partial charge < -0.3 is 10.8 Å². The summed E-state index contributed by atoms with van der Waals surface area (Å²) >= 11 is 0. The van der Waals surface area contributed by atoms with E-state index in [-0.39, 0.29) is 16.9 Å². The van der Waals surface area contributed by atoms with Crippen LogP contribution in [0.15, 0.2) is 12.1 Å². The molecule has 1 aromatic heterocycles. The molecule has 0 aromatic carbocycles. The van der Waals surface area contributed by atoms with Crippen molar-refractivity contribution in [2.45, 2.75) is 13.1 Å². The van der Waals surface area contributed by atoms with Crippen LogP contribution in [0.1, 0.15) is 17.0 Å². The van der Waals surface area contributed by atoms with Gasteiger partial charge in [-0.3, -0.25) is 0 Å². The van der Waals surface area contributed by atoms with Crippen molar-refractivity contribution in [2.75, 3.05) is 5.73 Å². The van der Waals surface area contributed by atoms with Gasteiger partial charge in [-0.05, 0) is 24.6 Å². The molecule has 0 aliphatic heterocycles. The lowest BCUT2D eigenvalue weighted by Crippen LogP contribution is -2.11. The van der Waals surface area contributed by atoms with Crippen LogP contribution in [0.5, 0.6) is 0 Å². The highest BCUT2D eigenvalue weighted by Crippen LogP contribution is 2.30. The number of nitrogen functional groups attached to an aromatic ring is 1. The van der Waals surface area contributed by atoms with Crippen LogP contribution in [0.25, 0.3) is 6.08 Å². The number of aryl methyl sites for hydroxylation is 1. The van der Waals surface area contributed by atoms with E-state index in [1.807, 2.05) is 0 Å². The number of nitrogens with zero attached hydrogens (tertiary/aromatic N) is 1. The quantitative estimate of drug-likeness (QED) is 0.783. The molecule has 4 nitrogen and oxygen atoms in total. The Labute approximate surface area is 94.6 Å². The summed E-state index contributed by atoms with van der Waals surface area (Å²) < 4.78 is 37.3. The first-order chi connectivity index (χ1) is 7.71. The molecule has 0 unspecified atom stereocenters. The van der Waals surface area contributed by atoms with Gasteiger partial charge in [-0.1, -0.05) is 0 Å². The van der Waals surface area contributed by atoms with Crippen LogP contribution in [0, 0.1) is 6.92 Å². The van der Waals surface area contributed by atoms with E-state index in [4.69, 9.17) is 10.8 Å². The zero-order valence-electron chi connectivity index (χ0n) is 8.75. The van der Waals surface area contributed by atoms with Crippen LogP contribution < -0.4 is 5.73 Å². The molecule has 3 N–H and O–H groups in total. The molecule has 0 aliphatic rings. The fraction of sp³-hybridized carbons (Fsp3) is 0.200. The molecule has 0 fully saturated rings. The van der Waals surface area contributed by atoms with Gasteiger partial charge >= 0.3 is 12.1 Å². The van der Waals surface area contributed by atoms with Crippen LogP contribution in [0.4, 0.5) is 18.9 Å². The Bertz CT molecular complexity index is 481. The van der Waals surface area contributed by atoms with Crippen molar-refractivity contribution in [2.24, 2.45) is 0 Å². The first kappa shape index (κ1) is 13.0. The first-order valence-electron chi connectivity index (χ1n) is 4.47. The van der Waals surface area contributed by atoms with Gasteiger partial charge in [-0.25, -0.2) is 9.78 Å². The maximum Gasteiger partial charge on any atom is 0.433 e. The third-order valence-corrected chi connectivity index (χ3v) is 1.97. The molecule has 0 spiro atoms. The number of carboxylic acid groups (broad SMARTS) is 1. The molecular formula is C10H9F3N2O2. The van der Waals surface area contributed by atoms with Crippen molar-refractivity contribution in [3.05, 3.63) is 29.1 Å². The van der Waals surface area contributed by atoms with Crippen molar-refractivity contribution in [3.8, 4) is 0 Å². The highest BCUT2D eigenvalue weighted by molar-refractivity contribution is 5.86. The average Bonchev–Trinajstić information content (AvgIpc) is 2.18.